The van der Waals surface area contributed by atoms with Crippen molar-refractivity contribution in [2.75, 3.05) is 30.0 Å². The Morgan fingerprint density at radius 1 is 1.36 bits per heavy atom. The lowest BCUT2D eigenvalue weighted by atomic mass is 10.0. The van der Waals surface area contributed by atoms with Gasteiger partial charge in [0, 0.05) is 50.3 Å². The molecule has 0 aliphatic carbocycles. The lowest BCUT2D eigenvalue weighted by Gasteiger charge is -2.17. The van der Waals surface area contributed by atoms with Gasteiger partial charge in [-0.25, -0.2) is 17.7 Å². The molecular weight excluding hydrogens is 377 g/mol. The van der Waals surface area contributed by atoms with E-state index in [9.17, 15) is 8.42 Å². The van der Waals surface area contributed by atoms with Crippen LogP contribution in [-0.4, -0.2) is 65.5 Å². The van der Waals surface area contributed by atoms with E-state index in [-0.39, 0.29) is 6.04 Å². The molecule has 1 saturated heterocycles. The molecule has 11 heteroatoms. The van der Waals surface area contributed by atoms with Gasteiger partial charge in [-0.2, -0.15) is 9.61 Å². The van der Waals surface area contributed by atoms with E-state index in [0.29, 0.717) is 43.0 Å². The number of sulfonamides is 1. The minimum Gasteiger partial charge on any atom is -0.366 e. The topological polar surface area (TPSA) is 105 Å². The van der Waals surface area contributed by atoms with Crippen LogP contribution in [0.2, 0.25) is 0 Å². The van der Waals surface area contributed by atoms with Gasteiger partial charge in [0.05, 0.1) is 6.26 Å². The number of rotatable bonds is 6. The molecule has 2 radical (unpaired) electrons. The molecule has 0 bridgehead atoms. The number of hydrogen-bond donors (Lipinski definition) is 2. The Bertz CT molecular complexity index is 1090. The molecule has 3 aromatic rings. The summed E-state index contributed by atoms with van der Waals surface area (Å²) in [6.45, 7) is 1.48. The van der Waals surface area contributed by atoms with Crippen LogP contribution in [0.15, 0.2) is 36.8 Å². The molecule has 1 fully saturated rings. The van der Waals surface area contributed by atoms with Gasteiger partial charge in [0.25, 0.3) is 0 Å². The maximum atomic E-state index is 11.7. The van der Waals surface area contributed by atoms with Gasteiger partial charge in [0.2, 0.25) is 10.0 Å². The van der Waals surface area contributed by atoms with Gasteiger partial charge < -0.3 is 10.6 Å². The van der Waals surface area contributed by atoms with Gasteiger partial charge in [0.1, 0.15) is 19.5 Å². The third kappa shape index (κ3) is 3.95. The highest BCUT2D eigenvalue weighted by Gasteiger charge is 2.28. The molecule has 4 heterocycles. The van der Waals surface area contributed by atoms with Crippen LogP contribution in [0.25, 0.3) is 5.65 Å². The van der Waals surface area contributed by atoms with E-state index < -0.39 is 10.0 Å². The molecule has 144 valence electrons. The van der Waals surface area contributed by atoms with Gasteiger partial charge in [0.15, 0.2) is 5.65 Å². The summed E-state index contributed by atoms with van der Waals surface area (Å²) in [6, 6.07) is 5.69. The quantitative estimate of drug-likeness (QED) is 0.563. The van der Waals surface area contributed by atoms with Gasteiger partial charge in [-0.3, -0.25) is 4.98 Å². The van der Waals surface area contributed by atoms with Crippen LogP contribution in [0.5, 0.6) is 0 Å². The molecule has 0 aromatic carbocycles. The lowest BCUT2D eigenvalue weighted by Crippen LogP contribution is -2.31. The molecule has 2 N–H and O–H groups in total. The fraction of sp³-hybridized carbons (Fsp3) is 0.353. The molecule has 9 nitrogen and oxygen atoms in total. The number of anilines is 2. The van der Waals surface area contributed by atoms with E-state index >= 15 is 0 Å². The fourth-order valence-electron chi connectivity index (χ4n) is 3.23. The summed E-state index contributed by atoms with van der Waals surface area (Å²) in [6.07, 6.45) is 7.02. The second kappa shape index (κ2) is 7.40. The Morgan fingerprint density at radius 3 is 2.93 bits per heavy atom. The van der Waals surface area contributed by atoms with E-state index in [2.05, 4.69) is 25.7 Å². The maximum Gasteiger partial charge on any atom is 0.211 e. The van der Waals surface area contributed by atoms with Crippen molar-refractivity contribution >= 4 is 40.6 Å². The van der Waals surface area contributed by atoms with Crippen molar-refractivity contribution in [3.8, 4) is 0 Å². The Hall–Kier alpha value is -2.66. The van der Waals surface area contributed by atoms with Gasteiger partial charge in [-0.05, 0) is 23.5 Å². The van der Waals surface area contributed by atoms with Crippen LogP contribution >= 0.6 is 0 Å². The predicted octanol–water partition coefficient (Wildman–Crippen LogP) is -0.0240. The monoisotopic (exact) mass is 397 g/mol. The number of nitrogens with one attached hydrogen (secondary N) is 2. The second-order valence-corrected chi connectivity index (χ2v) is 8.81. The summed E-state index contributed by atoms with van der Waals surface area (Å²) in [5, 5.41) is 10.9. The SMILES string of the molecule is [B]c1cnn2c(NCc3cccnc3)cc(NC3CCN(S(C)(=O)=O)C3)nc12. The Balaban J connectivity index is 1.56. The summed E-state index contributed by atoms with van der Waals surface area (Å²) in [4.78, 5) is 8.66. The van der Waals surface area contributed by atoms with Crippen molar-refractivity contribution in [2.24, 2.45) is 0 Å². The lowest BCUT2D eigenvalue weighted by molar-refractivity contribution is 0.480. The molecule has 0 amide bonds. The van der Waals surface area contributed by atoms with Crippen LogP contribution in [0.1, 0.15) is 12.0 Å². The minimum atomic E-state index is -3.19. The van der Waals surface area contributed by atoms with Gasteiger partial charge in [-0.1, -0.05) is 6.07 Å². The molecule has 3 aromatic heterocycles. The predicted molar refractivity (Wildman–Crippen MR) is 108 cm³/mol. The third-order valence-electron chi connectivity index (χ3n) is 4.67. The first-order valence-corrected chi connectivity index (χ1v) is 10.7. The van der Waals surface area contributed by atoms with Crippen molar-refractivity contribution in [2.45, 2.75) is 19.0 Å². The van der Waals surface area contributed by atoms with Crippen LogP contribution < -0.4 is 16.1 Å². The molecular formula is C17H20BN7O2S. The summed E-state index contributed by atoms with van der Waals surface area (Å²) >= 11 is 0. The molecule has 1 atom stereocenters. The van der Waals surface area contributed by atoms with E-state index in [0.717, 1.165) is 11.4 Å². The van der Waals surface area contributed by atoms with Crippen molar-refractivity contribution in [1.29, 1.82) is 0 Å². The van der Waals surface area contributed by atoms with Crippen LogP contribution in [0, 0.1) is 0 Å². The fourth-order valence-corrected chi connectivity index (χ4v) is 4.12. The van der Waals surface area contributed by atoms with Crippen LogP contribution in [0.4, 0.5) is 11.6 Å². The number of nitrogens with zero attached hydrogens (tertiary/aromatic N) is 5. The van der Waals surface area contributed by atoms with Gasteiger partial charge >= 0.3 is 0 Å². The van der Waals surface area contributed by atoms with E-state index in [4.69, 9.17) is 7.85 Å². The zero-order valence-electron chi connectivity index (χ0n) is 15.4. The minimum absolute atomic E-state index is 0.0139. The third-order valence-corrected chi connectivity index (χ3v) is 5.94. The summed E-state index contributed by atoms with van der Waals surface area (Å²) in [5.74, 6) is 1.35. The van der Waals surface area contributed by atoms with Crippen LogP contribution in [-0.2, 0) is 16.6 Å². The van der Waals surface area contributed by atoms with Crippen molar-refractivity contribution in [3.05, 3.63) is 42.4 Å². The summed E-state index contributed by atoms with van der Waals surface area (Å²) < 4.78 is 26.6. The Labute approximate surface area is 164 Å². The Morgan fingerprint density at radius 2 is 2.21 bits per heavy atom. The number of aromatic nitrogens is 4. The Kier molecular flexibility index (Phi) is 4.94. The smallest absolute Gasteiger partial charge is 0.211 e. The standard InChI is InChI=1S/C17H20BN7O2S/c1-28(26,27)24-6-4-13(11-24)22-15-7-16(20-9-12-3-2-5-19-8-12)25-17(23-15)14(18)10-21-25/h2-3,5,7-8,10,13,20H,4,6,9,11H2,1H3,(H,22,23). The van der Waals surface area contributed by atoms with Gasteiger partial charge in [-0.15, -0.1) is 0 Å². The summed E-state index contributed by atoms with van der Waals surface area (Å²) in [5.41, 5.74) is 2.04. The maximum absolute atomic E-state index is 11.7. The van der Waals surface area contributed by atoms with Crippen molar-refractivity contribution in [3.63, 3.8) is 0 Å². The van der Waals surface area contributed by atoms with E-state index in [1.807, 2.05) is 18.2 Å². The number of pyridine rings is 1. The largest absolute Gasteiger partial charge is 0.366 e. The molecule has 0 spiro atoms. The number of fused-ring (bicyclic) bond motifs is 1. The molecule has 4 rings (SSSR count). The second-order valence-electron chi connectivity index (χ2n) is 6.83. The van der Waals surface area contributed by atoms with E-state index in [1.54, 1.807) is 23.1 Å². The molecule has 0 saturated carbocycles. The summed E-state index contributed by atoms with van der Waals surface area (Å²) in [7, 11) is 2.82. The van der Waals surface area contributed by atoms with Crippen molar-refractivity contribution in [1.82, 2.24) is 23.9 Å². The first-order valence-electron chi connectivity index (χ1n) is 8.89. The highest BCUT2D eigenvalue weighted by Crippen LogP contribution is 2.20. The molecule has 1 aliphatic heterocycles. The number of hydrogen-bond acceptors (Lipinski definition) is 7. The average molecular weight is 397 g/mol. The first kappa shape index (κ1) is 18.7. The van der Waals surface area contributed by atoms with Crippen LogP contribution in [0.3, 0.4) is 0 Å². The zero-order valence-corrected chi connectivity index (χ0v) is 16.2. The first-order chi connectivity index (χ1) is 13.4. The zero-order chi connectivity index (χ0) is 19.7. The highest BCUT2D eigenvalue weighted by atomic mass is 32.2. The molecule has 1 aliphatic rings. The highest BCUT2D eigenvalue weighted by molar-refractivity contribution is 7.88. The van der Waals surface area contributed by atoms with Crippen molar-refractivity contribution < 1.29 is 8.42 Å². The van der Waals surface area contributed by atoms with E-state index in [1.165, 1.54) is 10.6 Å². The average Bonchev–Trinajstić information content (AvgIpc) is 3.28. The molecule has 28 heavy (non-hydrogen) atoms. The molecule has 1 unspecified atom stereocenters. The normalized spacial score (nSPS) is 17.8.